The molecule has 2 aromatic rings. The fourth-order valence-corrected chi connectivity index (χ4v) is 5.66. The number of benzene rings is 1. The lowest BCUT2D eigenvalue weighted by molar-refractivity contribution is 0.260. The minimum atomic E-state index is -3.58. The Morgan fingerprint density at radius 2 is 1.70 bits per heavy atom. The molecule has 1 aromatic carbocycles. The number of rotatable bonds is 4. The van der Waals surface area contributed by atoms with E-state index in [2.05, 4.69) is 9.68 Å². The van der Waals surface area contributed by atoms with Crippen LogP contribution in [0.5, 0.6) is 0 Å². The van der Waals surface area contributed by atoms with Gasteiger partial charge in [0.05, 0.1) is 9.23 Å². The standard InChI is InChI=1S/C17H20Cl2FN3O2S2/c1-8(2)11-5-10(20)6-12(9(3)4)15(11)22-17(24)23-27(21,25)13-7-14(18)26-16(13)19/h5-9H,1-4H3,(H3,21,22,23,24,25). The highest BCUT2D eigenvalue weighted by Crippen LogP contribution is 2.35. The number of anilines is 1. The van der Waals surface area contributed by atoms with Gasteiger partial charge in [-0.1, -0.05) is 50.9 Å². The van der Waals surface area contributed by atoms with Crippen molar-refractivity contribution in [2.75, 3.05) is 5.32 Å². The number of amides is 2. The second kappa shape index (κ2) is 8.45. The Bertz CT molecular complexity index is 967. The van der Waals surface area contributed by atoms with Gasteiger partial charge in [0.25, 0.3) is 0 Å². The number of thiophene rings is 1. The van der Waals surface area contributed by atoms with E-state index in [0.717, 1.165) is 11.3 Å². The van der Waals surface area contributed by atoms with Crippen LogP contribution in [0, 0.1) is 5.82 Å². The molecular weight excluding hydrogens is 432 g/mol. The molecular formula is C17H20Cl2FN3O2S2. The van der Waals surface area contributed by atoms with Crippen LogP contribution in [0.3, 0.4) is 0 Å². The van der Waals surface area contributed by atoms with Gasteiger partial charge in [-0.2, -0.15) is 0 Å². The first-order valence-electron chi connectivity index (χ1n) is 8.06. The molecule has 0 radical (unpaired) electrons. The van der Waals surface area contributed by atoms with E-state index in [1.54, 1.807) is 0 Å². The molecule has 0 saturated carbocycles. The summed E-state index contributed by atoms with van der Waals surface area (Å²) in [5.74, 6) is -0.499. The summed E-state index contributed by atoms with van der Waals surface area (Å²) in [6.07, 6.45) is 0. The molecule has 0 aliphatic carbocycles. The molecule has 1 aromatic heterocycles. The van der Waals surface area contributed by atoms with Gasteiger partial charge in [0, 0.05) is 5.69 Å². The van der Waals surface area contributed by atoms with Crippen molar-refractivity contribution in [3.8, 4) is 0 Å². The van der Waals surface area contributed by atoms with Crippen molar-refractivity contribution in [3.63, 3.8) is 0 Å². The Morgan fingerprint density at radius 1 is 1.19 bits per heavy atom. The summed E-state index contributed by atoms with van der Waals surface area (Å²) in [5, 5.41) is 8.35. The minimum absolute atomic E-state index is 0.00147. The molecule has 1 unspecified atom stereocenters. The summed E-state index contributed by atoms with van der Waals surface area (Å²) in [7, 11) is -3.58. The van der Waals surface area contributed by atoms with E-state index in [-0.39, 0.29) is 31.2 Å². The van der Waals surface area contributed by atoms with E-state index in [9.17, 15) is 13.4 Å². The first kappa shape index (κ1) is 22.1. The fraction of sp³-hybridized carbons (Fsp3) is 0.353. The van der Waals surface area contributed by atoms with Gasteiger partial charge in [-0.05, 0) is 41.2 Å². The van der Waals surface area contributed by atoms with E-state index >= 15 is 0 Å². The second-order valence-electron chi connectivity index (χ2n) is 6.55. The lowest BCUT2D eigenvalue weighted by atomic mass is 9.92. The van der Waals surface area contributed by atoms with Crippen LogP contribution in [0.25, 0.3) is 0 Å². The van der Waals surface area contributed by atoms with Crippen LogP contribution in [-0.4, -0.2) is 10.2 Å². The Balaban J connectivity index is 2.49. The maximum Gasteiger partial charge on any atom is 0.354 e. The number of carbonyl (C=O) groups is 1. The normalized spacial score (nSPS) is 13.7. The quantitative estimate of drug-likeness (QED) is 0.565. The van der Waals surface area contributed by atoms with Gasteiger partial charge < -0.3 is 5.32 Å². The van der Waals surface area contributed by atoms with Crippen molar-refractivity contribution in [3.05, 3.63) is 43.8 Å². The topological polar surface area (TPSA) is 84.6 Å². The monoisotopic (exact) mass is 451 g/mol. The smallest absolute Gasteiger partial charge is 0.305 e. The third kappa shape index (κ3) is 5.20. The number of halogens is 3. The van der Waals surface area contributed by atoms with Gasteiger partial charge >= 0.3 is 6.03 Å². The van der Waals surface area contributed by atoms with Crippen molar-refractivity contribution in [1.82, 2.24) is 0 Å². The van der Waals surface area contributed by atoms with E-state index in [4.69, 9.17) is 28.3 Å². The van der Waals surface area contributed by atoms with Crippen LogP contribution in [0.1, 0.15) is 50.7 Å². The molecule has 27 heavy (non-hydrogen) atoms. The highest BCUT2D eigenvalue weighted by Gasteiger charge is 2.21. The Hall–Kier alpha value is -1.19. The molecule has 0 bridgehead atoms. The number of carbonyl (C=O) groups excluding carboxylic acids is 1. The summed E-state index contributed by atoms with van der Waals surface area (Å²) >= 11 is 12.8. The van der Waals surface area contributed by atoms with Crippen LogP contribution >= 0.6 is 34.5 Å². The van der Waals surface area contributed by atoms with Crippen LogP contribution in [-0.2, 0) is 9.92 Å². The molecule has 3 N–H and O–H groups in total. The number of nitrogens with zero attached hydrogens (tertiary/aromatic N) is 1. The van der Waals surface area contributed by atoms with Gasteiger partial charge in [0.2, 0.25) is 0 Å². The maximum atomic E-state index is 14.0. The van der Waals surface area contributed by atoms with Crippen molar-refractivity contribution in [2.45, 2.75) is 44.4 Å². The van der Waals surface area contributed by atoms with Gasteiger partial charge in [-0.25, -0.2) is 18.5 Å². The number of hydrogen-bond acceptors (Lipinski definition) is 3. The number of nitrogens with two attached hydrogens (primary N) is 1. The number of nitrogens with one attached hydrogen (secondary N) is 1. The predicted molar refractivity (Wildman–Crippen MR) is 111 cm³/mol. The van der Waals surface area contributed by atoms with Crippen molar-refractivity contribution in [2.24, 2.45) is 9.50 Å². The van der Waals surface area contributed by atoms with Gasteiger partial charge in [-0.3, -0.25) is 0 Å². The Labute approximate surface area is 172 Å². The van der Waals surface area contributed by atoms with E-state index in [0.29, 0.717) is 16.8 Å². The van der Waals surface area contributed by atoms with Crippen LogP contribution in [0.2, 0.25) is 8.67 Å². The summed E-state index contributed by atoms with van der Waals surface area (Å²) in [6, 6.07) is 3.14. The van der Waals surface area contributed by atoms with Gasteiger partial charge in [-0.15, -0.1) is 15.7 Å². The maximum absolute atomic E-state index is 14.0. The van der Waals surface area contributed by atoms with E-state index in [1.807, 2.05) is 27.7 Å². The molecule has 1 atom stereocenters. The minimum Gasteiger partial charge on any atom is -0.305 e. The van der Waals surface area contributed by atoms with Crippen LogP contribution in [0.15, 0.2) is 27.5 Å². The van der Waals surface area contributed by atoms with E-state index in [1.165, 1.54) is 18.2 Å². The predicted octanol–water partition coefficient (Wildman–Crippen LogP) is 6.37. The molecule has 0 spiro atoms. The Morgan fingerprint density at radius 3 is 2.11 bits per heavy atom. The molecule has 0 aliphatic rings. The SMILES string of the molecule is CC(C)c1cc(F)cc(C(C)C)c1NC(=O)N=S(N)(=O)c1cc(Cl)sc1Cl. The van der Waals surface area contributed by atoms with Gasteiger partial charge in [0.15, 0.2) is 0 Å². The van der Waals surface area contributed by atoms with Crippen molar-refractivity contribution in [1.29, 1.82) is 0 Å². The lowest BCUT2D eigenvalue weighted by Crippen LogP contribution is -2.19. The Kier molecular flexibility index (Phi) is 6.91. The molecule has 148 valence electrons. The molecule has 0 fully saturated rings. The molecule has 1 heterocycles. The average molecular weight is 452 g/mol. The number of urea groups is 1. The molecule has 10 heteroatoms. The second-order valence-corrected chi connectivity index (χ2v) is 10.6. The zero-order chi connectivity index (χ0) is 20.5. The molecule has 0 aliphatic heterocycles. The summed E-state index contributed by atoms with van der Waals surface area (Å²) in [5.41, 5.74) is 1.67. The van der Waals surface area contributed by atoms with E-state index < -0.39 is 15.9 Å². The summed E-state index contributed by atoms with van der Waals surface area (Å²) < 4.78 is 30.6. The van der Waals surface area contributed by atoms with Crippen LogP contribution < -0.4 is 10.5 Å². The highest BCUT2D eigenvalue weighted by molar-refractivity contribution is 7.92. The molecule has 5 nitrogen and oxygen atoms in total. The van der Waals surface area contributed by atoms with Crippen LogP contribution in [0.4, 0.5) is 14.9 Å². The third-order valence-electron chi connectivity index (χ3n) is 3.80. The van der Waals surface area contributed by atoms with Crippen molar-refractivity contribution >= 4 is 56.2 Å². The summed E-state index contributed by atoms with van der Waals surface area (Å²) in [6.45, 7) is 7.52. The lowest BCUT2D eigenvalue weighted by Gasteiger charge is -2.19. The molecule has 0 saturated heterocycles. The summed E-state index contributed by atoms with van der Waals surface area (Å²) in [4.78, 5) is 12.5. The highest BCUT2D eigenvalue weighted by atomic mass is 35.5. The largest absolute Gasteiger partial charge is 0.354 e. The fourth-order valence-electron chi connectivity index (χ4n) is 2.53. The van der Waals surface area contributed by atoms with Crippen molar-refractivity contribution < 1.29 is 13.4 Å². The third-order valence-corrected chi connectivity index (χ3v) is 6.92. The first-order chi connectivity index (χ1) is 12.4. The molecule has 2 rings (SSSR count). The average Bonchev–Trinajstić information content (AvgIpc) is 2.87. The molecule has 2 amide bonds. The number of hydrogen-bond donors (Lipinski definition) is 2. The zero-order valence-corrected chi connectivity index (χ0v) is 18.3. The first-order valence-corrected chi connectivity index (χ1v) is 11.2. The van der Waals surface area contributed by atoms with Gasteiger partial charge in [0.1, 0.15) is 20.1 Å². The zero-order valence-electron chi connectivity index (χ0n) is 15.2.